The van der Waals surface area contributed by atoms with Gasteiger partial charge in [0, 0.05) is 44.0 Å². The normalized spacial score (nSPS) is 15.7. The van der Waals surface area contributed by atoms with Crippen molar-refractivity contribution in [1.82, 2.24) is 9.21 Å². The number of hydrogen-bond donors (Lipinski definition) is 1. The smallest absolute Gasteiger partial charge is 0.271 e. The van der Waals surface area contributed by atoms with E-state index < -0.39 is 14.9 Å². The van der Waals surface area contributed by atoms with Crippen LogP contribution in [0.25, 0.3) is 0 Å². The second kappa shape index (κ2) is 8.90. The zero-order valence-corrected chi connectivity index (χ0v) is 17.7. The summed E-state index contributed by atoms with van der Waals surface area (Å²) in [6, 6.07) is 10.8. The average molecular weight is 433 g/mol. The number of amides is 1. The fraction of sp³-hybridized carbons (Fsp3) is 0.350. The van der Waals surface area contributed by atoms with E-state index in [1.807, 2.05) is 18.7 Å². The maximum absolute atomic E-state index is 12.9. The third kappa shape index (κ3) is 5.02. The monoisotopic (exact) mass is 432 g/mol. The number of nitro groups is 1. The van der Waals surface area contributed by atoms with Gasteiger partial charge in [-0.05, 0) is 43.2 Å². The van der Waals surface area contributed by atoms with Gasteiger partial charge >= 0.3 is 0 Å². The van der Waals surface area contributed by atoms with Gasteiger partial charge in [0.1, 0.15) is 0 Å². The molecule has 2 aromatic carbocycles. The molecule has 30 heavy (non-hydrogen) atoms. The lowest BCUT2D eigenvalue weighted by atomic mass is 10.1. The van der Waals surface area contributed by atoms with Crippen LogP contribution >= 0.6 is 0 Å². The third-order valence-electron chi connectivity index (χ3n) is 5.16. The number of anilines is 1. The van der Waals surface area contributed by atoms with Crippen LogP contribution in [0.2, 0.25) is 0 Å². The number of nitrogens with zero attached hydrogens (tertiary/aromatic N) is 3. The Hall–Kier alpha value is -2.82. The van der Waals surface area contributed by atoms with Crippen LogP contribution in [0.5, 0.6) is 0 Å². The van der Waals surface area contributed by atoms with Crippen LogP contribution in [0, 0.1) is 24.0 Å². The Morgan fingerprint density at radius 2 is 1.77 bits per heavy atom. The quantitative estimate of drug-likeness (QED) is 0.553. The molecule has 1 aliphatic rings. The van der Waals surface area contributed by atoms with Gasteiger partial charge in [0.05, 0.1) is 16.4 Å². The standard InChI is InChI=1S/C20H24N4O5S/c1-15-6-7-19(12-16(15)2)30(28,29)23-10-8-22(9-11-23)14-20(25)21-17-4-3-5-18(13-17)24(26)27/h3-7,12-13H,8-11,14H2,1-2H3,(H,21,25). The summed E-state index contributed by atoms with van der Waals surface area (Å²) < 4.78 is 27.2. The maximum Gasteiger partial charge on any atom is 0.271 e. The molecule has 1 N–H and O–H groups in total. The third-order valence-corrected chi connectivity index (χ3v) is 7.05. The molecule has 2 aromatic rings. The Kier molecular flexibility index (Phi) is 6.49. The highest BCUT2D eigenvalue weighted by Gasteiger charge is 2.29. The van der Waals surface area contributed by atoms with E-state index in [0.29, 0.717) is 31.9 Å². The lowest BCUT2D eigenvalue weighted by Gasteiger charge is -2.33. The van der Waals surface area contributed by atoms with E-state index in [2.05, 4.69) is 5.32 Å². The highest BCUT2D eigenvalue weighted by Crippen LogP contribution is 2.21. The van der Waals surface area contributed by atoms with Crippen LogP contribution in [0.1, 0.15) is 11.1 Å². The lowest BCUT2D eigenvalue weighted by Crippen LogP contribution is -2.50. The largest absolute Gasteiger partial charge is 0.325 e. The zero-order valence-electron chi connectivity index (χ0n) is 16.9. The first-order valence-corrected chi connectivity index (χ1v) is 10.9. The highest BCUT2D eigenvalue weighted by molar-refractivity contribution is 7.89. The predicted octanol–water partition coefficient (Wildman–Crippen LogP) is 2.16. The van der Waals surface area contributed by atoms with Crippen molar-refractivity contribution in [3.05, 3.63) is 63.7 Å². The van der Waals surface area contributed by atoms with E-state index >= 15 is 0 Å². The SMILES string of the molecule is Cc1ccc(S(=O)(=O)N2CCN(CC(=O)Nc3cccc([N+](=O)[O-])c3)CC2)cc1C. The number of piperazine rings is 1. The number of sulfonamides is 1. The molecular formula is C20H24N4O5S. The first-order valence-electron chi connectivity index (χ1n) is 9.51. The molecule has 1 amide bonds. The summed E-state index contributed by atoms with van der Waals surface area (Å²) in [5.41, 5.74) is 2.21. The molecular weight excluding hydrogens is 408 g/mol. The van der Waals surface area contributed by atoms with Gasteiger partial charge in [-0.25, -0.2) is 8.42 Å². The van der Waals surface area contributed by atoms with Crippen LogP contribution in [-0.4, -0.2) is 61.2 Å². The number of benzene rings is 2. The summed E-state index contributed by atoms with van der Waals surface area (Å²) in [6.07, 6.45) is 0. The molecule has 0 bridgehead atoms. The van der Waals surface area contributed by atoms with E-state index in [9.17, 15) is 23.3 Å². The van der Waals surface area contributed by atoms with Crippen molar-refractivity contribution in [2.24, 2.45) is 0 Å². The average Bonchev–Trinajstić information content (AvgIpc) is 2.70. The lowest BCUT2D eigenvalue weighted by molar-refractivity contribution is -0.384. The molecule has 1 aliphatic heterocycles. The van der Waals surface area contributed by atoms with E-state index in [-0.39, 0.29) is 23.0 Å². The van der Waals surface area contributed by atoms with Crippen LogP contribution in [0.15, 0.2) is 47.4 Å². The molecule has 1 saturated heterocycles. The zero-order chi connectivity index (χ0) is 21.9. The van der Waals surface area contributed by atoms with Crippen molar-refractivity contribution in [2.75, 3.05) is 38.0 Å². The maximum atomic E-state index is 12.9. The second-order valence-electron chi connectivity index (χ2n) is 7.28. The Labute approximate surface area is 175 Å². The number of hydrogen-bond acceptors (Lipinski definition) is 6. The molecule has 1 heterocycles. The van der Waals surface area contributed by atoms with Gasteiger partial charge in [-0.3, -0.25) is 19.8 Å². The van der Waals surface area contributed by atoms with Gasteiger partial charge < -0.3 is 5.32 Å². The molecule has 3 rings (SSSR count). The van der Waals surface area contributed by atoms with E-state index in [4.69, 9.17) is 0 Å². The summed E-state index contributed by atoms with van der Waals surface area (Å²) >= 11 is 0. The predicted molar refractivity (Wildman–Crippen MR) is 113 cm³/mol. The van der Waals surface area contributed by atoms with Gasteiger partial charge in [0.2, 0.25) is 15.9 Å². The number of aryl methyl sites for hydroxylation is 2. The second-order valence-corrected chi connectivity index (χ2v) is 9.22. The number of carbonyl (C=O) groups excluding carboxylic acids is 1. The van der Waals surface area contributed by atoms with Crippen LogP contribution in [0.3, 0.4) is 0 Å². The number of rotatable bonds is 6. The highest BCUT2D eigenvalue weighted by atomic mass is 32.2. The van der Waals surface area contributed by atoms with Crippen molar-refractivity contribution in [3.63, 3.8) is 0 Å². The molecule has 0 aliphatic carbocycles. The molecule has 0 aromatic heterocycles. The van der Waals surface area contributed by atoms with Crippen molar-refractivity contribution in [3.8, 4) is 0 Å². The molecule has 0 spiro atoms. The minimum absolute atomic E-state index is 0.0836. The van der Waals surface area contributed by atoms with Gasteiger partial charge in [0.15, 0.2) is 0 Å². The Balaban J connectivity index is 1.56. The van der Waals surface area contributed by atoms with Crippen LogP contribution in [-0.2, 0) is 14.8 Å². The minimum atomic E-state index is -3.57. The molecule has 0 radical (unpaired) electrons. The summed E-state index contributed by atoms with van der Waals surface area (Å²) in [5, 5.41) is 13.5. The molecule has 0 unspecified atom stereocenters. The molecule has 0 atom stereocenters. The molecule has 0 saturated carbocycles. The van der Waals surface area contributed by atoms with Gasteiger partial charge in [-0.2, -0.15) is 4.31 Å². The molecule has 9 nitrogen and oxygen atoms in total. The topological polar surface area (TPSA) is 113 Å². The summed E-state index contributed by atoms with van der Waals surface area (Å²) in [6.45, 7) is 5.33. The number of nitro benzene ring substituents is 1. The summed E-state index contributed by atoms with van der Waals surface area (Å²) in [7, 11) is -3.57. The van der Waals surface area contributed by atoms with E-state index in [1.165, 1.54) is 22.5 Å². The van der Waals surface area contributed by atoms with Crippen LogP contribution < -0.4 is 5.32 Å². The Morgan fingerprint density at radius 1 is 1.07 bits per heavy atom. The first-order chi connectivity index (χ1) is 14.2. The number of non-ortho nitro benzene ring substituents is 1. The van der Waals surface area contributed by atoms with Crippen molar-refractivity contribution < 1.29 is 18.1 Å². The van der Waals surface area contributed by atoms with Crippen LogP contribution in [0.4, 0.5) is 11.4 Å². The van der Waals surface area contributed by atoms with Crippen molar-refractivity contribution in [2.45, 2.75) is 18.7 Å². The molecule has 1 fully saturated rings. The summed E-state index contributed by atoms with van der Waals surface area (Å²) in [4.78, 5) is 24.7. The first kappa shape index (κ1) is 21.9. The fourth-order valence-electron chi connectivity index (χ4n) is 3.25. The van der Waals surface area contributed by atoms with Gasteiger partial charge in [-0.15, -0.1) is 0 Å². The van der Waals surface area contributed by atoms with Crippen molar-refractivity contribution >= 4 is 27.3 Å². The fourth-order valence-corrected chi connectivity index (χ4v) is 4.76. The Bertz CT molecular complexity index is 1060. The number of carbonyl (C=O) groups is 1. The minimum Gasteiger partial charge on any atom is -0.325 e. The molecule has 10 heteroatoms. The van der Waals surface area contributed by atoms with E-state index in [1.54, 1.807) is 24.3 Å². The molecule has 160 valence electrons. The van der Waals surface area contributed by atoms with Gasteiger partial charge in [-0.1, -0.05) is 12.1 Å². The Morgan fingerprint density at radius 3 is 2.40 bits per heavy atom. The van der Waals surface area contributed by atoms with Gasteiger partial charge in [0.25, 0.3) is 5.69 Å². The number of nitrogens with one attached hydrogen (secondary N) is 1. The van der Waals surface area contributed by atoms with Crippen molar-refractivity contribution in [1.29, 1.82) is 0 Å². The van der Waals surface area contributed by atoms with E-state index in [0.717, 1.165) is 11.1 Å². The summed E-state index contributed by atoms with van der Waals surface area (Å²) in [5.74, 6) is -0.305.